The van der Waals surface area contributed by atoms with Crippen molar-refractivity contribution in [1.29, 1.82) is 0 Å². The zero-order valence-electron chi connectivity index (χ0n) is 19.4. The Morgan fingerprint density at radius 1 is 0.926 bits per heavy atom. The molecule has 4 heteroatoms. The molecule has 0 aromatic carbocycles. The molecule has 0 radical (unpaired) electrons. The molecular weight excluding hydrogens is 350 g/mol. The summed E-state index contributed by atoms with van der Waals surface area (Å²) in [4.78, 5) is 6.52. The van der Waals surface area contributed by atoms with E-state index in [1.807, 2.05) is 0 Å². The fourth-order valence-electron chi connectivity index (χ4n) is 5.62. The molecule has 1 aliphatic heterocycles. The van der Waals surface area contributed by atoms with Crippen molar-refractivity contribution in [2.24, 2.45) is 5.92 Å². The molecule has 158 valence electrons. The summed E-state index contributed by atoms with van der Waals surface area (Å²) in [6.45, 7) is 20.9. The van der Waals surface area contributed by atoms with E-state index in [4.69, 9.17) is 9.26 Å². The maximum atomic E-state index is 7.16. The monoisotopic (exact) mass is 395 g/mol. The molecule has 1 heterocycles. The highest BCUT2D eigenvalue weighted by Gasteiger charge is 2.49. The molecule has 27 heavy (non-hydrogen) atoms. The Kier molecular flexibility index (Phi) is 8.04. The van der Waals surface area contributed by atoms with Crippen LogP contribution >= 0.6 is 0 Å². The zero-order chi connectivity index (χ0) is 20.4. The van der Waals surface area contributed by atoms with E-state index in [0.717, 1.165) is 0 Å². The van der Waals surface area contributed by atoms with Crippen LogP contribution in [-0.2, 0) is 9.26 Å². The average Bonchev–Trinajstić information content (AvgIpc) is 2.60. The minimum atomic E-state index is -1.95. The molecule has 0 aromatic rings. The van der Waals surface area contributed by atoms with E-state index in [1.54, 1.807) is 0 Å². The van der Waals surface area contributed by atoms with Crippen LogP contribution < -0.4 is 0 Å². The number of hydrogen-bond donors (Lipinski definition) is 0. The largest absolute Gasteiger partial charge is 0.545 e. The van der Waals surface area contributed by atoms with Crippen molar-refractivity contribution in [2.75, 3.05) is 0 Å². The van der Waals surface area contributed by atoms with Crippen LogP contribution in [0.15, 0.2) is 11.8 Å². The predicted octanol–water partition coefficient (Wildman–Crippen LogP) is 7.06. The molecule has 0 bridgehead atoms. The number of hydrogen-bond acceptors (Lipinski definition) is 3. The van der Waals surface area contributed by atoms with Gasteiger partial charge in [-0.15, -0.1) is 0 Å². The van der Waals surface area contributed by atoms with Crippen LogP contribution in [0, 0.1) is 5.92 Å². The molecular formula is C23H45NO2Si. The molecule has 2 aliphatic rings. The van der Waals surface area contributed by atoms with E-state index < -0.39 is 8.32 Å². The van der Waals surface area contributed by atoms with Gasteiger partial charge in [-0.1, -0.05) is 60.8 Å². The van der Waals surface area contributed by atoms with Crippen LogP contribution in [0.2, 0.25) is 16.6 Å². The Morgan fingerprint density at radius 2 is 1.44 bits per heavy atom. The molecule has 0 aromatic heterocycles. The topological polar surface area (TPSA) is 21.7 Å². The zero-order valence-corrected chi connectivity index (χ0v) is 20.4. The Labute approximate surface area is 170 Å². The highest BCUT2D eigenvalue weighted by Crippen LogP contribution is 2.45. The average molecular weight is 396 g/mol. The van der Waals surface area contributed by atoms with Gasteiger partial charge in [0.05, 0.1) is 11.8 Å². The van der Waals surface area contributed by atoms with Crippen molar-refractivity contribution in [3.8, 4) is 0 Å². The van der Waals surface area contributed by atoms with Gasteiger partial charge in [0.2, 0.25) is 0 Å². The first-order chi connectivity index (χ1) is 12.6. The van der Waals surface area contributed by atoms with Gasteiger partial charge in [0.25, 0.3) is 8.32 Å². The van der Waals surface area contributed by atoms with Crippen molar-refractivity contribution in [2.45, 2.75) is 129 Å². The summed E-state index contributed by atoms with van der Waals surface area (Å²) in [6.07, 6.45) is 9.19. The van der Waals surface area contributed by atoms with Gasteiger partial charge in [-0.3, -0.25) is 4.84 Å². The second-order valence-electron chi connectivity index (χ2n) is 10.1. The summed E-state index contributed by atoms with van der Waals surface area (Å²) in [5.41, 5.74) is 1.78. The Hall–Kier alpha value is -0.323. The summed E-state index contributed by atoms with van der Waals surface area (Å²) in [7, 11) is -1.95. The lowest BCUT2D eigenvalue weighted by Gasteiger charge is -2.48. The minimum Gasteiger partial charge on any atom is -0.545 e. The van der Waals surface area contributed by atoms with Gasteiger partial charge in [-0.25, -0.2) is 0 Å². The number of rotatable bonds is 7. The minimum absolute atomic E-state index is 0.178. The van der Waals surface area contributed by atoms with Crippen molar-refractivity contribution >= 4 is 8.32 Å². The first kappa shape index (κ1) is 23.0. The predicted molar refractivity (Wildman–Crippen MR) is 118 cm³/mol. The molecule has 1 saturated carbocycles. The third-order valence-electron chi connectivity index (χ3n) is 6.99. The fraction of sp³-hybridized carbons (Fsp3) is 0.913. The van der Waals surface area contributed by atoms with E-state index in [2.05, 4.69) is 73.5 Å². The van der Waals surface area contributed by atoms with Crippen molar-refractivity contribution in [3.63, 3.8) is 0 Å². The van der Waals surface area contributed by atoms with E-state index in [1.165, 1.54) is 37.9 Å². The molecule has 0 amide bonds. The van der Waals surface area contributed by atoms with Gasteiger partial charge in [-0.05, 0) is 62.2 Å². The third kappa shape index (κ3) is 4.81. The normalized spacial score (nSPS) is 26.3. The van der Waals surface area contributed by atoms with E-state index in [9.17, 15) is 0 Å². The number of hydroxylamine groups is 2. The van der Waals surface area contributed by atoms with E-state index >= 15 is 0 Å². The van der Waals surface area contributed by atoms with Crippen LogP contribution in [-0.4, -0.2) is 31.6 Å². The van der Waals surface area contributed by atoms with Crippen molar-refractivity contribution in [3.05, 3.63) is 11.8 Å². The molecule has 2 atom stereocenters. The summed E-state index contributed by atoms with van der Waals surface area (Å²) in [5, 5.41) is 2.20. The lowest BCUT2D eigenvalue weighted by atomic mass is 9.84. The van der Waals surface area contributed by atoms with Crippen molar-refractivity contribution in [1.82, 2.24) is 5.06 Å². The molecule has 0 unspecified atom stereocenters. The smallest absolute Gasteiger partial charge is 0.258 e. The first-order valence-corrected chi connectivity index (χ1v) is 13.6. The Balaban J connectivity index is 2.37. The molecule has 0 saturated heterocycles. The molecule has 0 spiro atoms. The van der Waals surface area contributed by atoms with Crippen LogP contribution in [0.3, 0.4) is 0 Å². The van der Waals surface area contributed by atoms with E-state index in [0.29, 0.717) is 28.6 Å². The van der Waals surface area contributed by atoms with Crippen LogP contribution in [0.25, 0.3) is 0 Å². The quantitative estimate of drug-likeness (QED) is 0.431. The Morgan fingerprint density at radius 3 is 1.89 bits per heavy atom. The van der Waals surface area contributed by atoms with Crippen LogP contribution in [0.5, 0.6) is 0 Å². The van der Waals surface area contributed by atoms with Crippen LogP contribution in [0.4, 0.5) is 0 Å². The summed E-state index contributed by atoms with van der Waals surface area (Å²) >= 11 is 0. The molecule has 2 rings (SSSR count). The molecule has 3 nitrogen and oxygen atoms in total. The highest BCUT2D eigenvalue weighted by molar-refractivity contribution is 6.77. The molecule has 1 aliphatic carbocycles. The summed E-state index contributed by atoms with van der Waals surface area (Å²) in [5.74, 6) is 1.83. The molecule has 1 fully saturated rings. The Bertz CT molecular complexity index is 473. The fourth-order valence-corrected chi connectivity index (χ4v) is 11.0. The highest BCUT2D eigenvalue weighted by atomic mass is 28.4. The van der Waals surface area contributed by atoms with Crippen LogP contribution in [0.1, 0.15) is 94.4 Å². The second-order valence-corrected chi connectivity index (χ2v) is 15.5. The van der Waals surface area contributed by atoms with Gasteiger partial charge < -0.3 is 4.43 Å². The maximum absolute atomic E-state index is 7.16. The SMILES string of the molecule is CC(C)N1O[C@@H](C2CCCCC2)C=C(O[Si](C(C)C)(C(C)C)C(C)C)[C@H]1C. The third-order valence-corrected chi connectivity index (χ3v) is 13.0. The maximum Gasteiger partial charge on any atom is 0.258 e. The standard InChI is InChI=1S/C23H45NO2Si/c1-16(2)24-20(9)22(15-23(25-24)21-13-11-10-12-14-21)26-27(17(3)4,18(5)6)19(7)8/h15-21,23H,10-14H2,1-9H3/t20-,23-/m1/s1. The second kappa shape index (κ2) is 9.45. The van der Waals surface area contributed by atoms with E-state index in [-0.39, 0.29) is 12.1 Å². The van der Waals surface area contributed by atoms with Gasteiger partial charge in [-0.2, -0.15) is 5.06 Å². The molecule has 0 N–H and O–H groups in total. The lowest BCUT2D eigenvalue weighted by molar-refractivity contribution is -0.244. The van der Waals surface area contributed by atoms with Crippen molar-refractivity contribution < 1.29 is 9.26 Å². The van der Waals surface area contributed by atoms with Gasteiger partial charge >= 0.3 is 0 Å². The summed E-state index contributed by atoms with van der Waals surface area (Å²) < 4.78 is 7.16. The first-order valence-electron chi connectivity index (χ1n) is 11.5. The number of nitrogens with zero attached hydrogens (tertiary/aromatic N) is 1. The summed E-state index contributed by atoms with van der Waals surface area (Å²) in [6, 6.07) is 0.541. The van der Waals surface area contributed by atoms with Gasteiger partial charge in [0.15, 0.2) is 0 Å². The van der Waals surface area contributed by atoms with Gasteiger partial charge in [0.1, 0.15) is 6.10 Å². The lowest BCUT2D eigenvalue weighted by Crippen LogP contribution is -2.53. The van der Waals surface area contributed by atoms with Gasteiger partial charge in [0, 0.05) is 6.04 Å².